The molecule has 0 aromatic heterocycles. The number of nitro benzene ring substituents is 1. The van der Waals surface area contributed by atoms with Gasteiger partial charge in [0.25, 0.3) is 0 Å². The third-order valence-electron chi connectivity index (χ3n) is 3.38. The van der Waals surface area contributed by atoms with Crippen LogP contribution in [0.4, 0.5) is 5.69 Å². The van der Waals surface area contributed by atoms with Crippen molar-refractivity contribution in [2.45, 2.75) is 11.4 Å². The van der Waals surface area contributed by atoms with Gasteiger partial charge in [0.15, 0.2) is 0 Å². The molecule has 7 nitrogen and oxygen atoms in total. The molecule has 0 saturated heterocycles. The van der Waals surface area contributed by atoms with Crippen LogP contribution >= 0.6 is 23.2 Å². The number of hydrogen-bond acceptors (Lipinski definition) is 5. The lowest BCUT2D eigenvalue weighted by Crippen LogP contribution is -2.33. The van der Waals surface area contributed by atoms with Crippen LogP contribution in [0.1, 0.15) is 5.56 Å². The van der Waals surface area contributed by atoms with E-state index in [0.29, 0.717) is 5.56 Å². The zero-order chi connectivity index (χ0) is 18.6. The molecule has 0 saturated carbocycles. The van der Waals surface area contributed by atoms with Crippen molar-refractivity contribution in [1.82, 2.24) is 4.31 Å². The lowest BCUT2D eigenvalue weighted by Gasteiger charge is -2.22. The minimum Gasteiger partial charge on any atom is -0.395 e. The quantitative estimate of drug-likeness (QED) is 0.564. The van der Waals surface area contributed by atoms with E-state index >= 15 is 0 Å². The summed E-state index contributed by atoms with van der Waals surface area (Å²) < 4.78 is 26.8. The summed E-state index contributed by atoms with van der Waals surface area (Å²) in [6.07, 6.45) is 0. The first-order chi connectivity index (χ1) is 11.8. The highest BCUT2D eigenvalue weighted by atomic mass is 35.5. The van der Waals surface area contributed by atoms with Gasteiger partial charge in [-0.05, 0) is 17.7 Å². The van der Waals surface area contributed by atoms with Gasteiger partial charge in [0.1, 0.15) is 14.9 Å². The van der Waals surface area contributed by atoms with Crippen LogP contribution in [0.2, 0.25) is 10.0 Å². The standard InChI is InChI=1S/C15H14Cl2N2O5S/c16-12-6-7-13(14(17)15(12)19(21)22)25(23,24)18(8-9-20)10-11-4-2-1-3-5-11/h1-7,20H,8-10H2. The Morgan fingerprint density at radius 3 is 2.32 bits per heavy atom. The van der Waals surface area contributed by atoms with Gasteiger partial charge in [-0.25, -0.2) is 8.42 Å². The monoisotopic (exact) mass is 404 g/mol. The Morgan fingerprint density at radius 2 is 1.76 bits per heavy atom. The Hall–Kier alpha value is -1.71. The molecule has 25 heavy (non-hydrogen) atoms. The largest absolute Gasteiger partial charge is 0.395 e. The van der Waals surface area contributed by atoms with Crippen molar-refractivity contribution in [3.8, 4) is 0 Å². The molecular weight excluding hydrogens is 391 g/mol. The van der Waals surface area contributed by atoms with Crippen LogP contribution in [-0.2, 0) is 16.6 Å². The molecule has 0 aliphatic heterocycles. The fourth-order valence-corrected chi connectivity index (χ4v) is 4.49. The normalized spacial score (nSPS) is 11.7. The van der Waals surface area contributed by atoms with Gasteiger partial charge in [0.2, 0.25) is 10.0 Å². The molecule has 2 aromatic rings. The summed E-state index contributed by atoms with van der Waals surface area (Å²) in [6.45, 7) is -0.625. The van der Waals surface area contributed by atoms with Crippen LogP contribution < -0.4 is 0 Å². The van der Waals surface area contributed by atoms with Crippen molar-refractivity contribution in [2.75, 3.05) is 13.2 Å². The molecule has 0 radical (unpaired) electrons. The second-order valence-corrected chi connectivity index (χ2v) is 7.70. The van der Waals surface area contributed by atoms with Crippen molar-refractivity contribution >= 4 is 38.9 Å². The summed E-state index contributed by atoms with van der Waals surface area (Å²) in [5.74, 6) is 0. The molecule has 2 rings (SSSR count). The molecule has 134 valence electrons. The summed E-state index contributed by atoms with van der Waals surface area (Å²) in [6, 6.07) is 11.0. The molecular formula is C15H14Cl2N2O5S. The highest BCUT2D eigenvalue weighted by Gasteiger charge is 2.32. The fraction of sp³-hybridized carbons (Fsp3) is 0.200. The number of sulfonamides is 1. The molecule has 0 bridgehead atoms. The molecule has 10 heteroatoms. The van der Waals surface area contributed by atoms with Gasteiger partial charge in [-0.1, -0.05) is 53.5 Å². The summed E-state index contributed by atoms with van der Waals surface area (Å²) in [5, 5.41) is 19.5. The Morgan fingerprint density at radius 1 is 1.12 bits per heavy atom. The van der Waals surface area contributed by atoms with Crippen LogP contribution in [0.25, 0.3) is 0 Å². The van der Waals surface area contributed by atoms with Gasteiger partial charge < -0.3 is 5.11 Å². The minimum atomic E-state index is -4.19. The smallest absolute Gasteiger partial charge is 0.307 e. The number of nitrogens with zero attached hydrogens (tertiary/aromatic N) is 2. The van der Waals surface area contributed by atoms with Crippen molar-refractivity contribution in [3.05, 3.63) is 68.2 Å². The second-order valence-electron chi connectivity index (χ2n) is 5.01. The van der Waals surface area contributed by atoms with E-state index in [1.54, 1.807) is 30.3 Å². The highest BCUT2D eigenvalue weighted by molar-refractivity contribution is 7.89. The van der Waals surface area contributed by atoms with E-state index in [0.717, 1.165) is 16.4 Å². The third-order valence-corrected chi connectivity index (χ3v) is 6.07. The number of nitro groups is 1. The first-order valence-corrected chi connectivity index (χ1v) is 9.26. The van der Waals surface area contributed by atoms with Gasteiger partial charge >= 0.3 is 5.69 Å². The Balaban J connectivity index is 2.51. The highest BCUT2D eigenvalue weighted by Crippen LogP contribution is 2.38. The molecule has 0 amide bonds. The number of rotatable bonds is 7. The second kappa shape index (κ2) is 8.11. The maximum atomic E-state index is 12.9. The summed E-state index contributed by atoms with van der Waals surface area (Å²) >= 11 is 11.7. The first-order valence-electron chi connectivity index (χ1n) is 7.06. The van der Waals surface area contributed by atoms with Crippen LogP contribution in [-0.4, -0.2) is 35.9 Å². The van der Waals surface area contributed by atoms with Gasteiger partial charge in [0, 0.05) is 13.1 Å². The number of aliphatic hydroxyl groups is 1. The molecule has 0 unspecified atom stereocenters. The zero-order valence-electron chi connectivity index (χ0n) is 12.8. The average molecular weight is 405 g/mol. The van der Waals surface area contributed by atoms with Crippen molar-refractivity contribution < 1.29 is 18.4 Å². The molecule has 0 aliphatic rings. The van der Waals surface area contributed by atoms with E-state index in [9.17, 15) is 23.6 Å². The Kier molecular flexibility index (Phi) is 6.36. The minimum absolute atomic E-state index is 0.0174. The predicted octanol–water partition coefficient (Wildman–Crippen LogP) is 3.08. The summed E-state index contributed by atoms with van der Waals surface area (Å²) in [5.41, 5.74) is 0.0205. The molecule has 0 spiro atoms. The van der Waals surface area contributed by atoms with E-state index in [4.69, 9.17) is 23.2 Å². The third kappa shape index (κ3) is 4.28. The topological polar surface area (TPSA) is 101 Å². The average Bonchev–Trinajstić information content (AvgIpc) is 2.55. The van der Waals surface area contributed by atoms with Gasteiger partial charge in [-0.15, -0.1) is 0 Å². The van der Waals surface area contributed by atoms with E-state index in [2.05, 4.69) is 0 Å². The van der Waals surface area contributed by atoms with Crippen LogP contribution in [0.15, 0.2) is 47.4 Å². The number of halogens is 2. The lowest BCUT2D eigenvalue weighted by atomic mass is 10.2. The predicted molar refractivity (Wildman–Crippen MR) is 94.2 cm³/mol. The molecule has 0 heterocycles. The SMILES string of the molecule is O=[N+]([O-])c1c(Cl)ccc(S(=O)(=O)N(CCO)Cc2ccccc2)c1Cl. The first kappa shape index (κ1) is 19.6. The van der Waals surface area contributed by atoms with E-state index < -0.39 is 37.2 Å². The maximum Gasteiger partial charge on any atom is 0.307 e. The molecule has 0 atom stereocenters. The maximum absolute atomic E-state index is 12.9. The van der Waals surface area contributed by atoms with Crippen LogP contribution in [0, 0.1) is 10.1 Å². The van der Waals surface area contributed by atoms with E-state index in [1.165, 1.54) is 0 Å². The van der Waals surface area contributed by atoms with Crippen molar-refractivity contribution in [3.63, 3.8) is 0 Å². The lowest BCUT2D eigenvalue weighted by molar-refractivity contribution is -0.384. The van der Waals surface area contributed by atoms with Crippen molar-refractivity contribution in [2.24, 2.45) is 0 Å². The van der Waals surface area contributed by atoms with E-state index in [-0.39, 0.29) is 18.1 Å². The number of benzene rings is 2. The number of hydrogen-bond donors (Lipinski definition) is 1. The zero-order valence-corrected chi connectivity index (χ0v) is 15.1. The van der Waals surface area contributed by atoms with E-state index in [1.807, 2.05) is 0 Å². The number of aliphatic hydroxyl groups excluding tert-OH is 1. The van der Waals surface area contributed by atoms with Gasteiger partial charge in [0.05, 0.1) is 11.5 Å². The molecule has 1 N–H and O–H groups in total. The Bertz CT molecular complexity index is 875. The van der Waals surface area contributed by atoms with Gasteiger partial charge in [-0.3, -0.25) is 10.1 Å². The van der Waals surface area contributed by atoms with Crippen LogP contribution in [0.3, 0.4) is 0 Å². The summed E-state index contributed by atoms with van der Waals surface area (Å²) in [7, 11) is -4.19. The fourth-order valence-electron chi connectivity index (χ4n) is 2.21. The van der Waals surface area contributed by atoms with Gasteiger partial charge in [-0.2, -0.15) is 4.31 Å². The van der Waals surface area contributed by atoms with Crippen LogP contribution in [0.5, 0.6) is 0 Å². The molecule has 2 aromatic carbocycles. The van der Waals surface area contributed by atoms with Crippen molar-refractivity contribution in [1.29, 1.82) is 0 Å². The Labute approximate surface area is 154 Å². The molecule has 0 aliphatic carbocycles. The molecule has 0 fully saturated rings. The summed E-state index contributed by atoms with van der Waals surface area (Å²) in [4.78, 5) is 9.83.